The fraction of sp³-hybridized carbons (Fsp3) is 0.304. The molecule has 4 heterocycles. The van der Waals surface area contributed by atoms with E-state index in [1.54, 1.807) is 12.1 Å². The number of carbonyl (C=O) groups excluding carboxylic acids is 1. The maximum absolute atomic E-state index is 13.1. The van der Waals surface area contributed by atoms with Crippen LogP contribution in [0.5, 0.6) is 0 Å². The lowest BCUT2D eigenvalue weighted by Gasteiger charge is -2.33. The summed E-state index contributed by atoms with van der Waals surface area (Å²) in [6.07, 6.45) is 3.10. The summed E-state index contributed by atoms with van der Waals surface area (Å²) < 4.78 is 7.90. The van der Waals surface area contributed by atoms with E-state index >= 15 is 0 Å². The molecule has 0 radical (unpaired) electrons. The minimum absolute atomic E-state index is 0.0997. The number of pyridine rings is 1. The van der Waals surface area contributed by atoms with Gasteiger partial charge in [-0.05, 0) is 31.5 Å². The van der Waals surface area contributed by atoms with E-state index in [0.717, 1.165) is 34.3 Å². The summed E-state index contributed by atoms with van der Waals surface area (Å²) in [6, 6.07) is 11.2. The molecule has 3 aromatic heterocycles. The van der Waals surface area contributed by atoms with E-state index in [0.29, 0.717) is 22.5 Å². The lowest BCUT2D eigenvalue weighted by atomic mass is 9.91. The molecule has 1 N–H and O–H groups in total. The van der Waals surface area contributed by atoms with E-state index in [1.165, 1.54) is 22.2 Å². The molecule has 4 aromatic rings. The van der Waals surface area contributed by atoms with Crippen molar-refractivity contribution < 1.29 is 9.53 Å². The molecule has 1 aliphatic rings. The molecular weight excluding hydrogens is 412 g/mol. The highest BCUT2D eigenvalue weighted by Gasteiger charge is 2.31. The van der Waals surface area contributed by atoms with Gasteiger partial charge in [-0.25, -0.2) is 9.97 Å². The zero-order valence-corrected chi connectivity index (χ0v) is 18.2. The number of aromatic nitrogens is 3. The average Bonchev–Trinajstić information content (AvgIpc) is 3.13. The largest absolute Gasteiger partial charge is 0.370 e. The molecular formula is C23H22N4O3S. The number of amides is 1. The van der Waals surface area contributed by atoms with Gasteiger partial charge in [0.2, 0.25) is 5.91 Å². The Bertz CT molecular complexity index is 1360. The van der Waals surface area contributed by atoms with Crippen LogP contribution in [0.1, 0.15) is 31.5 Å². The van der Waals surface area contributed by atoms with E-state index in [2.05, 4.69) is 24.1 Å². The molecule has 0 aliphatic carbocycles. The highest BCUT2D eigenvalue weighted by molar-refractivity contribution is 7.25. The zero-order valence-electron chi connectivity index (χ0n) is 17.3. The van der Waals surface area contributed by atoms with Crippen LogP contribution < -0.4 is 10.9 Å². The van der Waals surface area contributed by atoms with E-state index in [-0.39, 0.29) is 23.6 Å². The van der Waals surface area contributed by atoms with Crippen LogP contribution >= 0.6 is 11.3 Å². The fourth-order valence-corrected chi connectivity index (χ4v) is 4.90. The first-order valence-electron chi connectivity index (χ1n) is 10.2. The first kappa shape index (κ1) is 19.8. The quantitative estimate of drug-likeness (QED) is 0.527. The molecule has 0 unspecified atom stereocenters. The molecule has 5 rings (SSSR count). The minimum Gasteiger partial charge on any atom is -0.370 e. The molecule has 8 heteroatoms. The Morgan fingerprint density at radius 1 is 1.32 bits per heavy atom. The Balaban J connectivity index is 1.49. The fourth-order valence-electron chi connectivity index (χ4n) is 3.82. The van der Waals surface area contributed by atoms with Crippen LogP contribution in [0.15, 0.2) is 47.5 Å². The SMILES string of the molecule is CC[C@@]1(C)Cc2nc3sc4c(=O)n(CC(=O)Nc5ccccc5)cnc4c3cc2CO1. The molecule has 1 atom stereocenters. The van der Waals surface area contributed by atoms with Gasteiger partial charge in [0.15, 0.2) is 0 Å². The number of fused-ring (bicyclic) bond motifs is 4. The van der Waals surface area contributed by atoms with Crippen LogP contribution in [0.3, 0.4) is 0 Å². The standard InChI is InChI=1S/C23H22N4O3S/c1-3-23(2)10-17-14(12-30-23)9-16-19-20(31-21(16)26-17)22(29)27(13-24-19)11-18(28)25-15-7-5-4-6-8-15/h4-9,13H,3,10-12H2,1-2H3,(H,25,28)/t23-/m0/s1. The number of para-hydroxylation sites is 1. The second kappa shape index (κ2) is 7.55. The maximum atomic E-state index is 13.1. The lowest BCUT2D eigenvalue weighted by Crippen LogP contribution is -2.35. The number of hydrogen-bond acceptors (Lipinski definition) is 6. The molecule has 1 aromatic carbocycles. The Morgan fingerprint density at radius 2 is 2.13 bits per heavy atom. The minimum atomic E-state index is -0.278. The van der Waals surface area contributed by atoms with Crippen molar-refractivity contribution in [3.63, 3.8) is 0 Å². The molecule has 31 heavy (non-hydrogen) atoms. The normalized spacial score (nSPS) is 18.3. The van der Waals surface area contributed by atoms with Gasteiger partial charge < -0.3 is 10.1 Å². The number of rotatable bonds is 4. The molecule has 7 nitrogen and oxygen atoms in total. The van der Waals surface area contributed by atoms with Crippen molar-refractivity contribution in [3.05, 3.63) is 64.3 Å². The Hall–Kier alpha value is -3.10. The van der Waals surface area contributed by atoms with Gasteiger partial charge in [-0.2, -0.15) is 0 Å². The molecule has 0 spiro atoms. The summed E-state index contributed by atoms with van der Waals surface area (Å²) in [5.41, 5.74) is 2.95. The van der Waals surface area contributed by atoms with Crippen molar-refractivity contribution in [1.82, 2.24) is 14.5 Å². The maximum Gasteiger partial charge on any atom is 0.271 e. The summed E-state index contributed by atoms with van der Waals surface area (Å²) in [6.45, 7) is 4.63. The number of hydrogen-bond donors (Lipinski definition) is 1. The smallest absolute Gasteiger partial charge is 0.271 e. The van der Waals surface area contributed by atoms with Gasteiger partial charge in [0.05, 0.1) is 29.7 Å². The molecule has 0 bridgehead atoms. The molecule has 0 fully saturated rings. The highest BCUT2D eigenvalue weighted by atomic mass is 32.1. The number of anilines is 1. The molecule has 158 valence electrons. The molecule has 1 aliphatic heterocycles. The number of thiophene rings is 1. The second-order valence-electron chi connectivity index (χ2n) is 8.09. The first-order valence-corrected chi connectivity index (χ1v) is 11.1. The lowest BCUT2D eigenvalue weighted by molar-refractivity contribution is -0.116. The summed E-state index contributed by atoms with van der Waals surface area (Å²) in [7, 11) is 0. The number of ether oxygens (including phenoxy) is 1. The second-order valence-corrected chi connectivity index (χ2v) is 9.09. The van der Waals surface area contributed by atoms with Gasteiger partial charge in [-0.3, -0.25) is 14.2 Å². The Morgan fingerprint density at radius 3 is 2.90 bits per heavy atom. The third kappa shape index (κ3) is 3.62. The number of nitrogens with zero attached hydrogens (tertiary/aromatic N) is 3. The summed E-state index contributed by atoms with van der Waals surface area (Å²) in [4.78, 5) is 35.6. The summed E-state index contributed by atoms with van der Waals surface area (Å²) in [5, 5.41) is 3.65. The van der Waals surface area contributed by atoms with Crippen molar-refractivity contribution in [2.24, 2.45) is 0 Å². The van der Waals surface area contributed by atoms with Gasteiger partial charge in [-0.1, -0.05) is 25.1 Å². The molecule has 1 amide bonds. The van der Waals surface area contributed by atoms with Gasteiger partial charge in [-0.15, -0.1) is 11.3 Å². The average molecular weight is 435 g/mol. The monoisotopic (exact) mass is 434 g/mol. The topological polar surface area (TPSA) is 86.1 Å². The van der Waals surface area contributed by atoms with E-state index in [1.807, 2.05) is 24.3 Å². The van der Waals surface area contributed by atoms with Gasteiger partial charge in [0, 0.05) is 23.1 Å². The van der Waals surface area contributed by atoms with Crippen LogP contribution in [0.25, 0.3) is 20.4 Å². The first-order chi connectivity index (χ1) is 15.0. The van der Waals surface area contributed by atoms with Crippen LogP contribution in [0.4, 0.5) is 5.69 Å². The number of carbonyl (C=O) groups is 1. The van der Waals surface area contributed by atoms with Crippen molar-refractivity contribution in [2.45, 2.75) is 45.4 Å². The van der Waals surface area contributed by atoms with Crippen LogP contribution in [0, 0.1) is 0 Å². The Labute approximate surface area is 182 Å². The van der Waals surface area contributed by atoms with E-state index in [4.69, 9.17) is 9.72 Å². The summed E-state index contributed by atoms with van der Waals surface area (Å²) in [5.74, 6) is -0.278. The van der Waals surface area contributed by atoms with Crippen LogP contribution in [-0.4, -0.2) is 26.0 Å². The van der Waals surface area contributed by atoms with Gasteiger partial charge >= 0.3 is 0 Å². The van der Waals surface area contributed by atoms with Crippen LogP contribution in [-0.2, 0) is 29.1 Å². The molecule has 0 saturated heterocycles. The third-order valence-electron chi connectivity index (χ3n) is 5.84. The van der Waals surface area contributed by atoms with Gasteiger partial charge in [0.1, 0.15) is 16.1 Å². The van der Waals surface area contributed by atoms with E-state index in [9.17, 15) is 9.59 Å². The number of benzene rings is 1. The summed E-state index contributed by atoms with van der Waals surface area (Å²) >= 11 is 1.33. The van der Waals surface area contributed by atoms with Gasteiger partial charge in [0.25, 0.3) is 5.56 Å². The van der Waals surface area contributed by atoms with Crippen molar-refractivity contribution in [2.75, 3.05) is 5.32 Å². The van der Waals surface area contributed by atoms with Crippen molar-refractivity contribution in [3.8, 4) is 0 Å². The van der Waals surface area contributed by atoms with Crippen LogP contribution in [0.2, 0.25) is 0 Å². The number of nitrogens with one attached hydrogen (secondary N) is 1. The van der Waals surface area contributed by atoms with E-state index < -0.39 is 0 Å². The highest BCUT2D eigenvalue weighted by Crippen LogP contribution is 2.35. The molecule has 0 saturated carbocycles. The van der Waals surface area contributed by atoms with Crippen molar-refractivity contribution >= 4 is 43.4 Å². The third-order valence-corrected chi connectivity index (χ3v) is 6.92. The predicted molar refractivity (Wildman–Crippen MR) is 121 cm³/mol. The Kier molecular flexibility index (Phi) is 4.83. The predicted octanol–water partition coefficient (Wildman–Crippen LogP) is 3.89. The van der Waals surface area contributed by atoms with Crippen molar-refractivity contribution in [1.29, 1.82) is 0 Å². The zero-order chi connectivity index (χ0) is 21.6.